The predicted molar refractivity (Wildman–Crippen MR) is 90.2 cm³/mol. The van der Waals surface area contributed by atoms with E-state index >= 15 is 0 Å². The lowest BCUT2D eigenvalue weighted by Gasteiger charge is -1.85. The van der Waals surface area contributed by atoms with Crippen molar-refractivity contribution < 1.29 is 39.6 Å². The Bertz CT molecular complexity index is 260. The van der Waals surface area contributed by atoms with Gasteiger partial charge in [0.05, 0.1) is 0 Å². The van der Waals surface area contributed by atoms with Crippen LogP contribution in [-0.2, 0) is 19.2 Å². The first-order chi connectivity index (χ1) is 11.2. The SMILES string of the molecule is CCCCC(=O)O.CCCCC(=O)O.CCCCC(=O)O.O=CO. The molecule has 8 heteroatoms. The molecule has 0 amide bonds. The second kappa shape index (κ2) is 29.0. The smallest absolute Gasteiger partial charge is 0.303 e. The summed E-state index contributed by atoms with van der Waals surface area (Å²) >= 11 is 0. The highest BCUT2D eigenvalue weighted by Gasteiger charge is 1.92. The molecule has 144 valence electrons. The summed E-state index contributed by atoms with van der Waals surface area (Å²) in [7, 11) is 0. The summed E-state index contributed by atoms with van der Waals surface area (Å²) < 4.78 is 0. The number of carboxylic acids is 3. The Labute approximate surface area is 143 Å². The lowest BCUT2D eigenvalue weighted by Crippen LogP contribution is -1.91. The number of unbranched alkanes of at least 4 members (excludes halogenated alkanes) is 3. The van der Waals surface area contributed by atoms with Gasteiger partial charge in [0, 0.05) is 19.3 Å². The van der Waals surface area contributed by atoms with Crippen LogP contribution in [0.1, 0.15) is 78.6 Å². The van der Waals surface area contributed by atoms with Gasteiger partial charge < -0.3 is 20.4 Å². The molecule has 0 heterocycles. The number of hydrogen-bond acceptors (Lipinski definition) is 4. The minimum absolute atomic E-state index is 0.250. The van der Waals surface area contributed by atoms with E-state index in [9.17, 15) is 14.4 Å². The highest BCUT2D eigenvalue weighted by Crippen LogP contribution is 1.92. The van der Waals surface area contributed by atoms with E-state index in [4.69, 9.17) is 25.2 Å². The normalized spacial score (nSPS) is 8.12. The molecule has 0 aliphatic carbocycles. The third-order valence-electron chi connectivity index (χ3n) is 2.23. The van der Waals surface area contributed by atoms with Crippen LogP contribution in [0, 0.1) is 0 Å². The molecule has 0 spiro atoms. The minimum Gasteiger partial charge on any atom is -0.483 e. The fourth-order valence-electron chi connectivity index (χ4n) is 0.984. The number of hydrogen-bond donors (Lipinski definition) is 4. The highest BCUT2D eigenvalue weighted by molar-refractivity contribution is 5.67. The zero-order chi connectivity index (χ0) is 19.8. The molecule has 0 saturated heterocycles. The molecular formula is C16H32O8. The third-order valence-corrected chi connectivity index (χ3v) is 2.23. The molecule has 0 atom stereocenters. The summed E-state index contributed by atoms with van der Waals surface area (Å²) in [5, 5.41) is 31.0. The van der Waals surface area contributed by atoms with Crippen molar-refractivity contribution in [3.63, 3.8) is 0 Å². The number of aliphatic carboxylic acids is 3. The van der Waals surface area contributed by atoms with Crippen molar-refractivity contribution >= 4 is 24.4 Å². The van der Waals surface area contributed by atoms with Crippen LogP contribution in [0.3, 0.4) is 0 Å². The number of carboxylic acid groups (broad SMARTS) is 4. The van der Waals surface area contributed by atoms with Crippen molar-refractivity contribution in [3.8, 4) is 0 Å². The quantitative estimate of drug-likeness (QED) is 0.461. The lowest BCUT2D eigenvalue weighted by molar-refractivity contribution is -0.138. The lowest BCUT2D eigenvalue weighted by atomic mass is 10.3. The van der Waals surface area contributed by atoms with Crippen LogP contribution in [0.25, 0.3) is 0 Å². The van der Waals surface area contributed by atoms with Crippen molar-refractivity contribution in [1.82, 2.24) is 0 Å². The molecular weight excluding hydrogens is 320 g/mol. The maximum absolute atomic E-state index is 9.76. The maximum Gasteiger partial charge on any atom is 0.303 e. The van der Waals surface area contributed by atoms with E-state index in [1.54, 1.807) is 0 Å². The first-order valence-corrected chi connectivity index (χ1v) is 7.96. The molecule has 0 fully saturated rings. The molecule has 0 aromatic carbocycles. The van der Waals surface area contributed by atoms with Gasteiger partial charge in [-0.3, -0.25) is 19.2 Å². The van der Waals surface area contributed by atoms with Crippen molar-refractivity contribution in [3.05, 3.63) is 0 Å². The van der Waals surface area contributed by atoms with Gasteiger partial charge in [-0.15, -0.1) is 0 Å². The zero-order valence-electron chi connectivity index (χ0n) is 14.9. The highest BCUT2D eigenvalue weighted by atomic mass is 16.4. The molecule has 0 aromatic rings. The monoisotopic (exact) mass is 352 g/mol. The van der Waals surface area contributed by atoms with Gasteiger partial charge in [0.25, 0.3) is 6.47 Å². The van der Waals surface area contributed by atoms with Gasteiger partial charge in [0.2, 0.25) is 0 Å². The Balaban J connectivity index is -0.000000115. The average Bonchev–Trinajstić information content (AvgIpc) is 2.50. The molecule has 0 rings (SSSR count). The molecule has 0 radical (unpaired) electrons. The Morgan fingerprint density at radius 2 is 0.833 bits per heavy atom. The van der Waals surface area contributed by atoms with Crippen molar-refractivity contribution in [2.45, 2.75) is 78.6 Å². The molecule has 0 aromatic heterocycles. The van der Waals surface area contributed by atoms with Gasteiger partial charge in [0.1, 0.15) is 0 Å². The van der Waals surface area contributed by atoms with Crippen LogP contribution in [0.15, 0.2) is 0 Å². The largest absolute Gasteiger partial charge is 0.483 e. The Kier molecular flexibility index (Phi) is 36.0. The van der Waals surface area contributed by atoms with Crippen LogP contribution in [0.2, 0.25) is 0 Å². The van der Waals surface area contributed by atoms with Crippen molar-refractivity contribution in [2.75, 3.05) is 0 Å². The van der Waals surface area contributed by atoms with Crippen LogP contribution in [0.4, 0.5) is 0 Å². The number of carbonyl (C=O) groups is 4. The number of rotatable bonds is 9. The van der Waals surface area contributed by atoms with E-state index in [0.29, 0.717) is 19.3 Å². The molecule has 0 saturated carbocycles. The van der Waals surface area contributed by atoms with E-state index in [-0.39, 0.29) is 6.47 Å². The third kappa shape index (κ3) is 72.6. The second-order valence-corrected chi connectivity index (χ2v) is 4.60. The van der Waals surface area contributed by atoms with Gasteiger partial charge in [0.15, 0.2) is 0 Å². The van der Waals surface area contributed by atoms with E-state index in [1.165, 1.54) is 0 Å². The van der Waals surface area contributed by atoms with Crippen LogP contribution < -0.4 is 0 Å². The fourth-order valence-corrected chi connectivity index (χ4v) is 0.984. The average molecular weight is 352 g/mol. The van der Waals surface area contributed by atoms with E-state index in [0.717, 1.165) is 38.5 Å². The summed E-state index contributed by atoms with van der Waals surface area (Å²) in [6.07, 6.45) is 6.24. The molecule has 4 N–H and O–H groups in total. The molecule has 0 unspecified atom stereocenters. The minimum atomic E-state index is -0.693. The van der Waals surface area contributed by atoms with Gasteiger partial charge >= 0.3 is 17.9 Å². The molecule has 0 aliphatic rings. The first-order valence-electron chi connectivity index (χ1n) is 7.96. The molecule has 0 bridgehead atoms. The predicted octanol–water partition coefficient (Wildman–Crippen LogP) is 3.48. The summed E-state index contributed by atoms with van der Waals surface area (Å²) in [5.41, 5.74) is 0. The Hall–Kier alpha value is -2.12. The van der Waals surface area contributed by atoms with Crippen molar-refractivity contribution in [2.24, 2.45) is 0 Å². The standard InChI is InChI=1S/3C5H10O2.CH2O2/c3*1-2-3-4-5(6)7;2-1-3/h3*2-4H2,1H3,(H,6,7);1H,(H,2,3). The van der Waals surface area contributed by atoms with Gasteiger partial charge in [-0.25, -0.2) is 0 Å². The van der Waals surface area contributed by atoms with Gasteiger partial charge in [-0.05, 0) is 19.3 Å². The van der Waals surface area contributed by atoms with E-state index in [1.807, 2.05) is 20.8 Å². The molecule has 0 aliphatic heterocycles. The topological polar surface area (TPSA) is 149 Å². The van der Waals surface area contributed by atoms with E-state index in [2.05, 4.69) is 0 Å². The van der Waals surface area contributed by atoms with Gasteiger partial charge in [-0.2, -0.15) is 0 Å². The summed E-state index contributed by atoms with van der Waals surface area (Å²) in [4.78, 5) is 37.6. The Morgan fingerprint density at radius 3 is 0.875 bits per heavy atom. The molecule has 24 heavy (non-hydrogen) atoms. The maximum atomic E-state index is 9.76. The van der Waals surface area contributed by atoms with Crippen LogP contribution >= 0.6 is 0 Å². The first kappa shape index (κ1) is 29.8. The summed E-state index contributed by atoms with van der Waals surface area (Å²) in [5.74, 6) is -2.08. The van der Waals surface area contributed by atoms with Crippen LogP contribution in [0.5, 0.6) is 0 Å². The molecule has 8 nitrogen and oxygen atoms in total. The zero-order valence-corrected chi connectivity index (χ0v) is 14.9. The van der Waals surface area contributed by atoms with Crippen molar-refractivity contribution in [1.29, 1.82) is 0 Å². The van der Waals surface area contributed by atoms with E-state index < -0.39 is 17.9 Å². The fraction of sp³-hybridized carbons (Fsp3) is 0.750. The van der Waals surface area contributed by atoms with Gasteiger partial charge in [-0.1, -0.05) is 40.0 Å². The Morgan fingerprint density at radius 1 is 0.667 bits per heavy atom. The second-order valence-electron chi connectivity index (χ2n) is 4.60. The summed E-state index contributed by atoms with van der Waals surface area (Å²) in [6, 6.07) is 0. The van der Waals surface area contributed by atoms with Crippen LogP contribution in [-0.4, -0.2) is 44.8 Å². The summed E-state index contributed by atoms with van der Waals surface area (Å²) in [6.45, 7) is 5.68.